The average molecular weight is 909 g/mol. The highest BCUT2D eigenvalue weighted by Gasteiger charge is 2.44. The van der Waals surface area contributed by atoms with E-state index in [1.54, 1.807) is 0 Å². The first-order chi connectivity index (χ1) is 34.1. The molecule has 4 aliphatic rings. The third-order valence-electron chi connectivity index (χ3n) is 17.3. The van der Waals surface area contributed by atoms with Crippen molar-refractivity contribution in [1.29, 1.82) is 0 Å². The van der Waals surface area contributed by atoms with Gasteiger partial charge in [0, 0.05) is 10.8 Å². The standard InChI is InChI=1S/C70H68/c1-8-36-69(37-9-2)62-15-13-12-14-57(62)58-33-28-51(43-63(58)69)52-29-34-60-59-32-27-50(42-64(59)70(38-10-3,39-11-4)65(60)44-52)47-18-16-45(17-19-47)46-20-22-48(23-21-46)56-31-26-49-24-25-53-40-55(68(5,6)7)41-54-30-35-61(56)67(49)66(53)54/h12-34,40,42-44H,8-11,35-39,41H2,1-7H3. The van der Waals surface area contributed by atoms with Crippen LogP contribution in [0.15, 0.2) is 163 Å². The van der Waals surface area contributed by atoms with E-state index in [2.05, 4.69) is 212 Å². The summed E-state index contributed by atoms with van der Waals surface area (Å²) in [6.07, 6.45) is 16.3. The molecule has 0 unspecified atom stereocenters. The fourth-order valence-electron chi connectivity index (χ4n) is 14.1. The molecule has 0 heteroatoms. The molecule has 0 N–H and O–H groups in total. The lowest BCUT2D eigenvalue weighted by molar-refractivity contribution is 0.435. The number of rotatable bonds is 12. The van der Waals surface area contributed by atoms with E-state index in [1.807, 2.05) is 0 Å². The predicted octanol–water partition coefficient (Wildman–Crippen LogP) is 20.0. The Kier molecular flexibility index (Phi) is 10.9. The minimum atomic E-state index is -0.0166. The van der Waals surface area contributed by atoms with Crippen molar-refractivity contribution in [2.45, 2.75) is 124 Å². The molecule has 0 radical (unpaired) electrons. The van der Waals surface area contributed by atoms with Gasteiger partial charge in [-0.2, -0.15) is 0 Å². The molecule has 0 fully saturated rings. The second-order valence-electron chi connectivity index (χ2n) is 22.4. The SMILES string of the molecule is CCCC1(CCC)c2ccccc2-c2ccc(-c3ccc4c(c3)C(CCC)(CCC)c3cc(-c5ccc(-c6ccc(-c7ccc8ccc9c%10c8c7CC=C%10CC(C(C)(C)C)=C9)cc6)cc5)ccc3-4)cc21. The van der Waals surface area contributed by atoms with Crippen LogP contribution in [0.2, 0.25) is 0 Å². The van der Waals surface area contributed by atoms with Gasteiger partial charge in [-0.05, 0) is 184 Å². The Morgan fingerprint density at radius 3 is 1.39 bits per heavy atom. The van der Waals surface area contributed by atoms with E-state index < -0.39 is 0 Å². The first-order valence-corrected chi connectivity index (χ1v) is 26.8. The van der Waals surface area contributed by atoms with Crippen LogP contribution in [-0.4, -0.2) is 0 Å². The molecule has 0 aromatic heterocycles. The molecule has 0 nitrogen and oxygen atoms in total. The summed E-state index contributed by atoms with van der Waals surface area (Å²) in [5.41, 5.74) is 29.9. The van der Waals surface area contributed by atoms with E-state index in [-0.39, 0.29) is 16.2 Å². The number of allylic oxidation sites excluding steroid dienone is 3. The molecule has 8 aromatic carbocycles. The van der Waals surface area contributed by atoms with Gasteiger partial charge in [0.15, 0.2) is 0 Å². The minimum absolute atomic E-state index is 0.0166. The van der Waals surface area contributed by atoms with Crippen molar-refractivity contribution in [1.82, 2.24) is 0 Å². The first-order valence-electron chi connectivity index (χ1n) is 26.8. The van der Waals surface area contributed by atoms with Crippen molar-refractivity contribution < 1.29 is 0 Å². The summed E-state index contributed by atoms with van der Waals surface area (Å²) >= 11 is 0. The Hall–Kier alpha value is -6.50. The van der Waals surface area contributed by atoms with E-state index in [1.165, 1.54) is 153 Å². The van der Waals surface area contributed by atoms with Crippen molar-refractivity contribution in [2.75, 3.05) is 0 Å². The zero-order valence-corrected chi connectivity index (χ0v) is 42.7. The maximum absolute atomic E-state index is 2.60. The predicted molar refractivity (Wildman–Crippen MR) is 301 cm³/mol. The van der Waals surface area contributed by atoms with E-state index in [0.29, 0.717) is 0 Å². The van der Waals surface area contributed by atoms with Gasteiger partial charge in [-0.1, -0.05) is 225 Å². The second-order valence-corrected chi connectivity index (χ2v) is 22.4. The summed E-state index contributed by atoms with van der Waals surface area (Å²) in [6.45, 7) is 16.5. The molecule has 0 heterocycles. The van der Waals surface area contributed by atoms with Crippen molar-refractivity contribution in [3.63, 3.8) is 0 Å². The topological polar surface area (TPSA) is 0 Å². The maximum atomic E-state index is 2.60. The molecule has 0 bridgehead atoms. The van der Waals surface area contributed by atoms with Gasteiger partial charge in [0.2, 0.25) is 0 Å². The minimum Gasteiger partial charge on any atom is -0.0759 e. The number of fused-ring (bicyclic) bond motifs is 6. The Bertz CT molecular complexity index is 3420. The highest BCUT2D eigenvalue weighted by atomic mass is 14.5. The lowest BCUT2D eigenvalue weighted by Gasteiger charge is -2.33. The zero-order chi connectivity index (χ0) is 47.9. The van der Waals surface area contributed by atoms with Crippen molar-refractivity contribution in [2.24, 2.45) is 5.41 Å². The van der Waals surface area contributed by atoms with E-state index >= 15 is 0 Å². The van der Waals surface area contributed by atoms with Crippen LogP contribution >= 0.6 is 0 Å². The molecular formula is C70H68. The van der Waals surface area contributed by atoms with Gasteiger partial charge in [-0.3, -0.25) is 0 Å². The molecule has 0 saturated heterocycles. The Morgan fingerprint density at radius 1 is 0.429 bits per heavy atom. The number of hydrogen-bond acceptors (Lipinski definition) is 0. The van der Waals surface area contributed by atoms with Crippen LogP contribution in [0.4, 0.5) is 0 Å². The van der Waals surface area contributed by atoms with Crippen molar-refractivity contribution in [3.8, 4) is 66.8 Å². The smallest absolute Gasteiger partial charge is 0.0215 e. The maximum Gasteiger partial charge on any atom is 0.0215 e. The largest absolute Gasteiger partial charge is 0.0759 e. The summed E-state index contributed by atoms with van der Waals surface area (Å²) in [6, 6.07) is 59.6. The zero-order valence-electron chi connectivity index (χ0n) is 42.7. The van der Waals surface area contributed by atoms with Gasteiger partial charge in [0.25, 0.3) is 0 Å². The van der Waals surface area contributed by atoms with Crippen LogP contribution in [0.5, 0.6) is 0 Å². The number of benzene rings is 8. The third-order valence-corrected chi connectivity index (χ3v) is 17.3. The molecule has 0 atom stereocenters. The van der Waals surface area contributed by atoms with Gasteiger partial charge in [0.05, 0.1) is 0 Å². The van der Waals surface area contributed by atoms with Gasteiger partial charge >= 0.3 is 0 Å². The highest BCUT2D eigenvalue weighted by molar-refractivity contribution is 6.06. The molecule has 0 aliphatic heterocycles. The van der Waals surface area contributed by atoms with Crippen LogP contribution in [0.25, 0.3) is 89.2 Å². The fourth-order valence-corrected chi connectivity index (χ4v) is 14.1. The van der Waals surface area contributed by atoms with Crippen LogP contribution < -0.4 is 0 Å². The molecule has 8 aromatic rings. The number of hydrogen-bond donors (Lipinski definition) is 0. The molecule has 12 rings (SSSR count). The van der Waals surface area contributed by atoms with E-state index in [4.69, 9.17) is 0 Å². The second kappa shape index (κ2) is 17.1. The van der Waals surface area contributed by atoms with Gasteiger partial charge in [-0.25, -0.2) is 0 Å². The van der Waals surface area contributed by atoms with Crippen molar-refractivity contribution in [3.05, 3.63) is 202 Å². The molecule has 70 heavy (non-hydrogen) atoms. The Labute approximate surface area is 418 Å². The lowest BCUT2D eigenvalue weighted by atomic mass is 9.70. The van der Waals surface area contributed by atoms with Crippen LogP contribution in [0, 0.1) is 5.41 Å². The van der Waals surface area contributed by atoms with Crippen LogP contribution in [-0.2, 0) is 17.3 Å². The summed E-state index contributed by atoms with van der Waals surface area (Å²) in [5.74, 6) is 0. The Morgan fingerprint density at radius 2 is 0.857 bits per heavy atom. The molecule has 0 spiro atoms. The molecule has 348 valence electrons. The van der Waals surface area contributed by atoms with Gasteiger partial charge < -0.3 is 0 Å². The highest BCUT2D eigenvalue weighted by Crippen LogP contribution is 2.58. The monoisotopic (exact) mass is 909 g/mol. The fraction of sp³-hybridized carbons (Fsp3) is 0.286. The van der Waals surface area contributed by atoms with Gasteiger partial charge in [0.1, 0.15) is 0 Å². The van der Waals surface area contributed by atoms with Crippen LogP contribution in [0.1, 0.15) is 145 Å². The molecule has 4 aliphatic carbocycles. The summed E-state index contributed by atoms with van der Waals surface area (Å²) in [5, 5.41) is 2.81. The molecule has 0 saturated carbocycles. The summed E-state index contributed by atoms with van der Waals surface area (Å²) in [7, 11) is 0. The van der Waals surface area contributed by atoms with Crippen LogP contribution in [0.3, 0.4) is 0 Å². The first kappa shape index (κ1) is 44.7. The third kappa shape index (κ3) is 6.91. The van der Waals surface area contributed by atoms with Crippen molar-refractivity contribution >= 4 is 22.4 Å². The summed E-state index contributed by atoms with van der Waals surface area (Å²) < 4.78 is 0. The molecule has 0 amide bonds. The van der Waals surface area contributed by atoms with Gasteiger partial charge in [-0.15, -0.1) is 0 Å². The average Bonchev–Trinajstić information content (AvgIpc) is 3.80. The summed E-state index contributed by atoms with van der Waals surface area (Å²) in [4.78, 5) is 0. The normalized spacial score (nSPS) is 15.5. The lowest BCUT2D eigenvalue weighted by Crippen LogP contribution is -2.25. The van der Waals surface area contributed by atoms with E-state index in [0.717, 1.165) is 38.5 Å². The quantitative estimate of drug-likeness (QED) is 0.115. The Balaban J connectivity index is 0.846. The molecular weight excluding hydrogens is 841 g/mol. The van der Waals surface area contributed by atoms with E-state index in [9.17, 15) is 0 Å².